The van der Waals surface area contributed by atoms with Crippen molar-refractivity contribution in [2.24, 2.45) is 0 Å². The van der Waals surface area contributed by atoms with Crippen LogP contribution in [0.15, 0.2) is 91.0 Å². The molecule has 0 aromatic heterocycles. The van der Waals surface area contributed by atoms with E-state index < -0.39 is 0 Å². The second-order valence-corrected chi connectivity index (χ2v) is 10.6. The molecule has 0 fully saturated rings. The third kappa shape index (κ3) is 4.58. The van der Waals surface area contributed by atoms with E-state index in [-0.39, 0.29) is 0 Å². The van der Waals surface area contributed by atoms with Gasteiger partial charge in [-0.05, 0) is 96.5 Å². The molecule has 0 unspecified atom stereocenters. The predicted molar refractivity (Wildman–Crippen MR) is 160 cm³/mol. The van der Waals surface area contributed by atoms with Crippen LogP contribution in [0.3, 0.4) is 0 Å². The van der Waals surface area contributed by atoms with Crippen molar-refractivity contribution in [3.8, 4) is 0 Å². The molecule has 0 aliphatic rings. The zero-order chi connectivity index (χ0) is 24.3. The summed E-state index contributed by atoms with van der Waals surface area (Å²) >= 11 is 0. The second kappa shape index (κ2) is 10.3. The van der Waals surface area contributed by atoms with E-state index >= 15 is 0 Å². The largest absolute Gasteiger partial charge is 0.0654 e. The van der Waals surface area contributed by atoms with Crippen molar-refractivity contribution in [2.75, 3.05) is 0 Å². The number of hydrogen-bond acceptors (Lipinski definition) is 0. The third-order valence-electron chi connectivity index (χ3n) is 8.04. The summed E-state index contributed by atoms with van der Waals surface area (Å²) in [5.74, 6) is 0. The van der Waals surface area contributed by atoms with Crippen molar-refractivity contribution >= 4 is 53.9 Å². The van der Waals surface area contributed by atoms with Gasteiger partial charge in [0.2, 0.25) is 0 Å². The number of rotatable bonds is 9. The minimum absolute atomic E-state index is 1.20. The first-order valence-electron chi connectivity index (χ1n) is 14.0. The van der Waals surface area contributed by atoms with E-state index in [2.05, 4.69) is 97.9 Å². The van der Waals surface area contributed by atoms with E-state index in [0.717, 1.165) is 0 Å². The molecule has 0 atom stereocenters. The van der Waals surface area contributed by atoms with E-state index in [1.54, 1.807) is 0 Å². The van der Waals surface area contributed by atoms with Gasteiger partial charge in [-0.1, -0.05) is 119 Å². The second-order valence-electron chi connectivity index (χ2n) is 10.6. The van der Waals surface area contributed by atoms with Crippen molar-refractivity contribution in [3.63, 3.8) is 0 Å². The van der Waals surface area contributed by atoms with Crippen molar-refractivity contribution in [2.45, 2.75) is 64.7 Å². The predicted octanol–water partition coefficient (Wildman–Crippen LogP) is 11.1. The molecule has 36 heavy (non-hydrogen) atoms. The molecular weight excluding hydrogens is 432 g/mol. The van der Waals surface area contributed by atoms with Crippen LogP contribution in [0.5, 0.6) is 0 Å². The Balaban J connectivity index is 1.27. The minimum atomic E-state index is 1.20. The first kappa shape index (κ1) is 23.0. The molecule has 6 aromatic carbocycles. The molecule has 6 aromatic rings. The van der Waals surface area contributed by atoms with E-state index in [4.69, 9.17) is 0 Å². The molecule has 0 N–H and O–H groups in total. The molecular formula is C36H36. The SMILES string of the molecule is CCCCCCCCCCc1ccc2cc3c(ccc4c5cc6ccccc6cc5ccc34)cc2c1. The van der Waals surface area contributed by atoms with Crippen LogP contribution in [-0.4, -0.2) is 0 Å². The molecule has 6 rings (SSSR count). The molecule has 0 saturated carbocycles. The monoisotopic (exact) mass is 468 g/mol. The Morgan fingerprint density at radius 2 is 0.917 bits per heavy atom. The van der Waals surface area contributed by atoms with Gasteiger partial charge in [-0.2, -0.15) is 0 Å². The lowest BCUT2D eigenvalue weighted by Crippen LogP contribution is -1.88. The molecule has 0 aliphatic heterocycles. The van der Waals surface area contributed by atoms with E-state index in [9.17, 15) is 0 Å². The van der Waals surface area contributed by atoms with Crippen LogP contribution in [0, 0.1) is 0 Å². The van der Waals surface area contributed by atoms with E-state index in [0.29, 0.717) is 0 Å². The fraction of sp³-hybridized carbons (Fsp3) is 0.278. The molecule has 0 heterocycles. The summed E-state index contributed by atoms with van der Waals surface area (Å²) in [5.41, 5.74) is 1.48. The Morgan fingerprint density at radius 3 is 1.58 bits per heavy atom. The lowest BCUT2D eigenvalue weighted by atomic mass is 9.93. The Labute approximate surface area is 214 Å². The molecule has 0 bridgehead atoms. The van der Waals surface area contributed by atoms with E-state index in [1.807, 2.05) is 0 Å². The lowest BCUT2D eigenvalue weighted by Gasteiger charge is -2.11. The summed E-state index contributed by atoms with van der Waals surface area (Å²) in [6.45, 7) is 2.29. The van der Waals surface area contributed by atoms with Crippen LogP contribution in [-0.2, 0) is 6.42 Å². The normalized spacial score (nSPS) is 11.9. The summed E-state index contributed by atoms with van der Waals surface area (Å²) in [6.07, 6.45) is 12.2. The zero-order valence-corrected chi connectivity index (χ0v) is 21.5. The average molecular weight is 469 g/mol. The lowest BCUT2D eigenvalue weighted by molar-refractivity contribution is 0.575. The molecule has 0 saturated heterocycles. The van der Waals surface area contributed by atoms with Gasteiger partial charge in [0.25, 0.3) is 0 Å². The standard InChI is InChI=1S/C36H36/c1-2-3-4-5-6-7-8-9-12-26-15-16-29-25-36-31(23-32(29)21-26)18-20-33-34(36)19-17-30-22-27-13-10-11-14-28(27)24-35(30)33/h10-11,13-25H,2-9,12H2,1H3. The smallest absolute Gasteiger partial charge is 0.00987 e. The molecule has 0 heteroatoms. The maximum atomic E-state index is 2.42. The highest BCUT2D eigenvalue weighted by molar-refractivity contribution is 6.20. The zero-order valence-electron chi connectivity index (χ0n) is 21.5. The van der Waals surface area contributed by atoms with Gasteiger partial charge in [0.05, 0.1) is 0 Å². The van der Waals surface area contributed by atoms with Crippen LogP contribution >= 0.6 is 0 Å². The molecule has 180 valence electrons. The highest BCUT2D eigenvalue weighted by atomic mass is 14.1. The van der Waals surface area contributed by atoms with Gasteiger partial charge in [-0.3, -0.25) is 0 Å². The van der Waals surface area contributed by atoms with Crippen LogP contribution in [0.1, 0.15) is 63.9 Å². The molecule has 0 aliphatic carbocycles. The Hall–Kier alpha value is -3.38. The fourth-order valence-corrected chi connectivity index (χ4v) is 5.98. The molecule has 0 spiro atoms. The van der Waals surface area contributed by atoms with Crippen LogP contribution in [0.2, 0.25) is 0 Å². The van der Waals surface area contributed by atoms with Crippen LogP contribution < -0.4 is 0 Å². The van der Waals surface area contributed by atoms with Gasteiger partial charge in [-0.15, -0.1) is 0 Å². The van der Waals surface area contributed by atoms with Gasteiger partial charge in [-0.25, -0.2) is 0 Å². The Morgan fingerprint density at radius 1 is 0.389 bits per heavy atom. The number of hydrogen-bond donors (Lipinski definition) is 0. The minimum Gasteiger partial charge on any atom is -0.0654 e. The molecule has 0 radical (unpaired) electrons. The van der Waals surface area contributed by atoms with Crippen LogP contribution in [0.4, 0.5) is 0 Å². The average Bonchev–Trinajstić information content (AvgIpc) is 2.92. The maximum Gasteiger partial charge on any atom is -0.00987 e. The summed E-state index contributed by atoms with van der Waals surface area (Å²) in [6, 6.07) is 34.5. The van der Waals surface area contributed by atoms with Crippen molar-refractivity contribution < 1.29 is 0 Å². The highest BCUT2D eigenvalue weighted by Gasteiger charge is 2.08. The van der Waals surface area contributed by atoms with Gasteiger partial charge < -0.3 is 0 Å². The quantitative estimate of drug-likeness (QED) is 0.112. The third-order valence-corrected chi connectivity index (χ3v) is 8.04. The first-order valence-corrected chi connectivity index (χ1v) is 14.0. The number of aryl methyl sites for hydroxylation is 1. The summed E-state index contributed by atoms with van der Waals surface area (Å²) in [5, 5.41) is 13.3. The van der Waals surface area contributed by atoms with Gasteiger partial charge >= 0.3 is 0 Å². The first-order chi connectivity index (χ1) is 17.8. The molecule has 0 nitrogen and oxygen atoms in total. The number of benzene rings is 6. The van der Waals surface area contributed by atoms with Gasteiger partial charge in [0.1, 0.15) is 0 Å². The van der Waals surface area contributed by atoms with Gasteiger partial charge in [0, 0.05) is 0 Å². The summed E-state index contributed by atoms with van der Waals surface area (Å²) in [4.78, 5) is 0. The molecule has 0 amide bonds. The van der Waals surface area contributed by atoms with Crippen molar-refractivity contribution in [3.05, 3.63) is 96.6 Å². The maximum absolute atomic E-state index is 2.42. The number of unbranched alkanes of at least 4 members (excludes halogenated alkanes) is 7. The highest BCUT2D eigenvalue weighted by Crippen LogP contribution is 2.35. The topological polar surface area (TPSA) is 0 Å². The van der Waals surface area contributed by atoms with Crippen LogP contribution in [0.25, 0.3) is 53.9 Å². The fourth-order valence-electron chi connectivity index (χ4n) is 5.98. The van der Waals surface area contributed by atoms with Gasteiger partial charge in [0.15, 0.2) is 0 Å². The Kier molecular flexibility index (Phi) is 6.60. The van der Waals surface area contributed by atoms with E-state index in [1.165, 1.54) is 117 Å². The van der Waals surface area contributed by atoms with Crippen molar-refractivity contribution in [1.82, 2.24) is 0 Å². The summed E-state index contributed by atoms with van der Waals surface area (Å²) < 4.78 is 0. The number of fused-ring (bicyclic) bond motifs is 7. The summed E-state index contributed by atoms with van der Waals surface area (Å²) in [7, 11) is 0. The van der Waals surface area contributed by atoms with Crippen molar-refractivity contribution in [1.29, 1.82) is 0 Å². The Bertz CT molecular complexity index is 1670.